The van der Waals surface area contributed by atoms with Gasteiger partial charge >= 0.3 is 0 Å². The lowest BCUT2D eigenvalue weighted by Crippen LogP contribution is -2.56. The van der Waals surface area contributed by atoms with Gasteiger partial charge in [-0.1, -0.05) is 0 Å². The fourth-order valence-electron chi connectivity index (χ4n) is 4.44. The molecule has 1 spiro atoms. The summed E-state index contributed by atoms with van der Waals surface area (Å²) in [5.41, 5.74) is 4.89. The smallest absolute Gasteiger partial charge is 0.262 e. The zero-order chi connectivity index (χ0) is 20.3. The molecular weight excluding hydrogens is 382 g/mol. The van der Waals surface area contributed by atoms with Crippen LogP contribution in [0.5, 0.6) is 5.75 Å². The van der Waals surface area contributed by atoms with Crippen LogP contribution in [0.1, 0.15) is 12.0 Å². The van der Waals surface area contributed by atoms with Crippen LogP contribution < -0.4 is 10.5 Å². The molecule has 150 valence electrons. The molecule has 29 heavy (non-hydrogen) atoms. The molecule has 0 aliphatic carbocycles. The maximum atomic E-state index is 14.9. The summed E-state index contributed by atoms with van der Waals surface area (Å²) < 4.78 is 40.9. The number of pyridine rings is 1. The monoisotopic (exact) mass is 400 g/mol. The summed E-state index contributed by atoms with van der Waals surface area (Å²) in [5.74, 6) is -1.99. The van der Waals surface area contributed by atoms with Crippen LogP contribution in [0, 0.1) is 17.7 Å². The summed E-state index contributed by atoms with van der Waals surface area (Å²) >= 11 is 0. The molecule has 3 aliphatic rings. The van der Waals surface area contributed by atoms with Crippen molar-refractivity contribution >= 4 is 11.9 Å². The molecule has 0 bridgehead atoms. The predicted octanol–water partition coefficient (Wildman–Crippen LogP) is 1.81. The molecule has 9 heteroatoms. The van der Waals surface area contributed by atoms with Gasteiger partial charge in [-0.3, -0.25) is 9.69 Å². The summed E-state index contributed by atoms with van der Waals surface area (Å²) in [4.78, 5) is 22.8. The van der Waals surface area contributed by atoms with Crippen LogP contribution in [0.3, 0.4) is 0 Å². The highest BCUT2D eigenvalue weighted by Gasteiger charge is 2.60. The second kappa shape index (κ2) is 6.21. The van der Waals surface area contributed by atoms with E-state index in [0.717, 1.165) is 0 Å². The van der Waals surface area contributed by atoms with Crippen LogP contribution in [-0.4, -0.2) is 48.1 Å². The quantitative estimate of drug-likeness (QED) is 0.738. The fourth-order valence-corrected chi connectivity index (χ4v) is 4.44. The summed E-state index contributed by atoms with van der Waals surface area (Å²) in [5, 5.41) is 0. The van der Waals surface area contributed by atoms with Crippen molar-refractivity contribution in [1.29, 1.82) is 0 Å². The van der Waals surface area contributed by atoms with Crippen molar-refractivity contribution in [3.63, 3.8) is 0 Å². The van der Waals surface area contributed by atoms with E-state index < -0.39 is 23.2 Å². The van der Waals surface area contributed by atoms with Gasteiger partial charge in [0.15, 0.2) is 11.5 Å². The Kier molecular flexibility index (Phi) is 3.86. The average molecular weight is 400 g/mol. The van der Waals surface area contributed by atoms with Gasteiger partial charge in [0.05, 0.1) is 19.1 Å². The number of nitrogens with two attached hydrogens (primary N) is 1. The molecule has 1 fully saturated rings. The number of carbonyl (C=O) groups is 1. The minimum atomic E-state index is -1.40. The van der Waals surface area contributed by atoms with Gasteiger partial charge in [0.2, 0.25) is 5.95 Å². The number of carbonyl (C=O) groups excluding carboxylic acids is 1. The van der Waals surface area contributed by atoms with E-state index in [4.69, 9.17) is 15.2 Å². The van der Waals surface area contributed by atoms with Crippen molar-refractivity contribution in [3.8, 4) is 16.9 Å². The summed E-state index contributed by atoms with van der Waals surface area (Å²) in [6.07, 6.45) is 1.45. The lowest BCUT2D eigenvalue weighted by Gasteiger charge is -2.45. The Balaban J connectivity index is 1.78. The van der Waals surface area contributed by atoms with Gasteiger partial charge in [0.25, 0.3) is 5.91 Å². The number of ether oxygens (including phenoxy) is 2. The highest BCUT2D eigenvalue weighted by atomic mass is 19.1. The number of aromatic nitrogens is 1. The Morgan fingerprint density at radius 2 is 2.14 bits per heavy atom. The van der Waals surface area contributed by atoms with E-state index >= 15 is 0 Å². The predicted molar refractivity (Wildman–Crippen MR) is 99.0 cm³/mol. The molecule has 1 aromatic heterocycles. The first kappa shape index (κ1) is 18.0. The van der Waals surface area contributed by atoms with Gasteiger partial charge in [0.1, 0.15) is 17.7 Å². The number of benzene rings is 1. The number of aliphatic imine (C=N–C) groups is 1. The lowest BCUT2D eigenvalue weighted by atomic mass is 9.71. The van der Waals surface area contributed by atoms with Gasteiger partial charge < -0.3 is 15.2 Å². The van der Waals surface area contributed by atoms with Gasteiger partial charge in [-0.25, -0.2) is 14.4 Å². The van der Waals surface area contributed by atoms with Gasteiger partial charge in [-0.15, -0.1) is 0 Å². The maximum Gasteiger partial charge on any atom is 0.262 e. The molecule has 3 atom stereocenters. The number of nitrogens with zero attached hydrogens (tertiary/aromatic N) is 3. The zero-order valence-corrected chi connectivity index (χ0v) is 15.6. The van der Waals surface area contributed by atoms with Gasteiger partial charge in [-0.05, 0) is 18.2 Å². The molecule has 0 radical (unpaired) electrons. The fraction of sp³-hybridized carbons (Fsp3) is 0.350. The molecule has 1 amide bonds. The molecule has 4 heterocycles. The van der Waals surface area contributed by atoms with Gasteiger partial charge in [0, 0.05) is 42.4 Å². The minimum Gasteiger partial charge on any atom is -0.489 e. The average Bonchev–Trinajstić information content (AvgIpc) is 2.93. The molecule has 5 rings (SSSR count). The number of fused-ring (bicyclic) bond motifs is 4. The van der Waals surface area contributed by atoms with Crippen LogP contribution in [0.4, 0.5) is 8.78 Å². The first-order chi connectivity index (χ1) is 13.9. The number of guanidine groups is 1. The minimum absolute atomic E-state index is 0.0132. The second-order valence-corrected chi connectivity index (χ2v) is 7.40. The number of rotatable bonds is 1. The highest BCUT2D eigenvalue weighted by molar-refractivity contribution is 6.07. The van der Waals surface area contributed by atoms with Crippen molar-refractivity contribution < 1.29 is 23.0 Å². The summed E-state index contributed by atoms with van der Waals surface area (Å²) in [6, 6.07) is 5.54. The van der Waals surface area contributed by atoms with Crippen LogP contribution >= 0.6 is 0 Å². The first-order valence-corrected chi connectivity index (χ1v) is 9.26. The van der Waals surface area contributed by atoms with Gasteiger partial charge in [-0.2, -0.15) is 4.39 Å². The number of halogens is 2. The van der Waals surface area contributed by atoms with E-state index in [9.17, 15) is 13.6 Å². The van der Waals surface area contributed by atoms with Crippen molar-refractivity contribution in [2.45, 2.75) is 18.1 Å². The van der Waals surface area contributed by atoms with E-state index in [-0.39, 0.29) is 41.5 Å². The van der Waals surface area contributed by atoms with Crippen LogP contribution in [0.15, 0.2) is 35.5 Å². The van der Waals surface area contributed by atoms with Crippen LogP contribution in [-0.2, 0) is 15.1 Å². The Hall–Kier alpha value is -3.07. The van der Waals surface area contributed by atoms with Crippen molar-refractivity contribution in [2.24, 2.45) is 16.6 Å². The molecule has 2 N–H and O–H groups in total. The Morgan fingerprint density at radius 3 is 2.86 bits per heavy atom. The third-order valence-corrected chi connectivity index (χ3v) is 5.90. The third kappa shape index (κ3) is 2.40. The largest absolute Gasteiger partial charge is 0.489 e. The van der Waals surface area contributed by atoms with E-state index in [0.29, 0.717) is 18.6 Å². The lowest BCUT2D eigenvalue weighted by molar-refractivity contribution is -0.141. The van der Waals surface area contributed by atoms with E-state index in [1.54, 1.807) is 0 Å². The highest BCUT2D eigenvalue weighted by Crippen LogP contribution is 2.52. The molecule has 0 unspecified atom stereocenters. The second-order valence-electron chi connectivity index (χ2n) is 7.40. The van der Waals surface area contributed by atoms with Crippen LogP contribution in [0.25, 0.3) is 11.1 Å². The molecule has 1 saturated heterocycles. The maximum absolute atomic E-state index is 14.9. The standard InChI is InChI=1S/C20H18F2N4O3/c1-26-18(27)20(25-19(26)23)12-7-11(10-3-2-5-24-17(10)22)14(21)8-16(12)29-15-4-6-28-9-13(15)20/h2-3,5,7-8,13,15H,4,6,9H2,1H3,(H2,23,25)/t13-,15+,20+/m1/s1. The molecular formula is C20H18F2N4O3. The molecule has 7 nitrogen and oxygen atoms in total. The van der Waals surface area contributed by atoms with Crippen molar-refractivity contribution in [2.75, 3.05) is 20.3 Å². The zero-order valence-electron chi connectivity index (χ0n) is 15.6. The Bertz CT molecular complexity index is 1060. The summed E-state index contributed by atoms with van der Waals surface area (Å²) in [6.45, 7) is 0.714. The molecule has 3 aliphatic heterocycles. The molecule has 2 aromatic rings. The van der Waals surface area contributed by atoms with Crippen molar-refractivity contribution in [1.82, 2.24) is 9.88 Å². The van der Waals surface area contributed by atoms with E-state index in [1.807, 2.05) is 0 Å². The Morgan fingerprint density at radius 1 is 1.31 bits per heavy atom. The van der Waals surface area contributed by atoms with E-state index in [2.05, 4.69) is 9.98 Å². The molecule has 0 saturated carbocycles. The van der Waals surface area contributed by atoms with E-state index in [1.165, 1.54) is 42.4 Å². The normalized spacial score (nSPS) is 28.0. The summed E-state index contributed by atoms with van der Waals surface area (Å²) in [7, 11) is 1.54. The number of hydrogen-bond donors (Lipinski definition) is 1. The Labute approximate surface area is 165 Å². The number of amides is 1. The van der Waals surface area contributed by atoms with Crippen molar-refractivity contribution in [3.05, 3.63) is 47.8 Å². The topological polar surface area (TPSA) is 90.0 Å². The number of hydrogen-bond acceptors (Lipinski definition) is 6. The first-order valence-electron chi connectivity index (χ1n) is 9.26. The SMILES string of the molecule is CN1C(=O)[C@]2(N=C1N)c1cc(-c3cccnc3F)c(F)cc1O[C@H]1CCOC[C@H]12. The third-order valence-electron chi connectivity index (χ3n) is 5.90. The van der Waals surface area contributed by atoms with Crippen LogP contribution in [0.2, 0.25) is 0 Å². The molecule has 1 aromatic carbocycles. The number of likely N-dealkylation sites (N-methyl/N-ethyl adjacent to an activating group) is 1.